The lowest BCUT2D eigenvalue weighted by Crippen LogP contribution is -2.35. The number of halogens is 3. The summed E-state index contributed by atoms with van der Waals surface area (Å²) in [7, 11) is -3.68. The summed E-state index contributed by atoms with van der Waals surface area (Å²) in [6.45, 7) is 0. The van der Waals surface area contributed by atoms with Crippen molar-refractivity contribution in [1.29, 1.82) is 0 Å². The Bertz CT molecular complexity index is 596. The minimum Gasteiger partial charge on any atom is -0.208 e. The van der Waals surface area contributed by atoms with Crippen molar-refractivity contribution in [3.63, 3.8) is 0 Å². The third-order valence-electron chi connectivity index (χ3n) is 3.69. The summed E-state index contributed by atoms with van der Waals surface area (Å²) in [4.78, 5) is -0.0133. The first-order chi connectivity index (χ1) is 9.90. The van der Waals surface area contributed by atoms with Crippen molar-refractivity contribution in [3.05, 3.63) is 27.2 Å². The lowest BCUT2D eigenvalue weighted by atomic mass is 9.97. The van der Waals surface area contributed by atoms with Gasteiger partial charge in [-0.15, -0.1) is 0 Å². The Labute approximate surface area is 141 Å². The maximum absolute atomic E-state index is 12.5. The summed E-state index contributed by atoms with van der Waals surface area (Å²) in [5.41, 5.74) is 0. The second kappa shape index (κ2) is 7.51. The Hall–Kier alpha value is -0.000000000000000167. The van der Waals surface area contributed by atoms with Crippen molar-refractivity contribution < 1.29 is 8.42 Å². The number of rotatable bonds is 3. The zero-order valence-corrected chi connectivity index (χ0v) is 14.6. The van der Waals surface area contributed by atoms with Crippen LogP contribution >= 0.6 is 34.8 Å². The molecule has 1 fully saturated rings. The van der Waals surface area contributed by atoms with E-state index in [4.69, 9.17) is 34.8 Å². The van der Waals surface area contributed by atoms with Gasteiger partial charge in [0.15, 0.2) is 0 Å². The quantitative estimate of drug-likeness (QED) is 0.758. The van der Waals surface area contributed by atoms with Crippen LogP contribution in [0.15, 0.2) is 17.0 Å². The molecule has 1 aromatic carbocycles. The van der Waals surface area contributed by atoms with Gasteiger partial charge in [-0.2, -0.15) is 0 Å². The first-order valence-corrected chi connectivity index (χ1v) is 9.69. The van der Waals surface area contributed by atoms with E-state index in [-0.39, 0.29) is 26.0 Å². The van der Waals surface area contributed by atoms with E-state index in [1.807, 2.05) is 0 Å². The molecule has 0 heterocycles. The highest BCUT2D eigenvalue weighted by atomic mass is 35.5. The van der Waals surface area contributed by atoms with Crippen LogP contribution in [-0.4, -0.2) is 14.5 Å². The molecule has 0 bridgehead atoms. The minimum absolute atomic E-state index is 0.0133. The molecule has 0 spiro atoms. The molecule has 1 N–H and O–H groups in total. The molecule has 0 atom stereocenters. The third kappa shape index (κ3) is 4.73. The van der Waals surface area contributed by atoms with Crippen LogP contribution in [0, 0.1) is 0 Å². The predicted molar refractivity (Wildman–Crippen MR) is 87.9 cm³/mol. The highest BCUT2D eigenvalue weighted by Crippen LogP contribution is 2.32. The van der Waals surface area contributed by atoms with Gasteiger partial charge in [0.2, 0.25) is 10.0 Å². The zero-order chi connectivity index (χ0) is 15.5. The summed E-state index contributed by atoms with van der Waals surface area (Å²) in [5, 5.41) is 0.508. The number of nitrogens with one attached hydrogen (secondary N) is 1. The second-order valence-corrected chi connectivity index (χ2v) is 8.26. The number of benzene rings is 1. The van der Waals surface area contributed by atoms with E-state index >= 15 is 0 Å². The van der Waals surface area contributed by atoms with Crippen LogP contribution in [0.5, 0.6) is 0 Å². The van der Waals surface area contributed by atoms with Crippen molar-refractivity contribution >= 4 is 44.8 Å². The summed E-state index contributed by atoms with van der Waals surface area (Å²) in [5.74, 6) is 0. The van der Waals surface area contributed by atoms with Gasteiger partial charge in [0.25, 0.3) is 0 Å². The Kier molecular flexibility index (Phi) is 6.21. The van der Waals surface area contributed by atoms with Gasteiger partial charge < -0.3 is 0 Å². The van der Waals surface area contributed by atoms with Crippen LogP contribution in [0.3, 0.4) is 0 Å². The van der Waals surface area contributed by atoms with Crippen molar-refractivity contribution in [2.45, 2.75) is 55.9 Å². The van der Waals surface area contributed by atoms with Gasteiger partial charge in [-0.3, -0.25) is 0 Å². The molecule has 0 unspecified atom stereocenters. The largest absolute Gasteiger partial charge is 0.242 e. The standard InChI is InChI=1S/C14H18Cl3NO2S/c15-11-8-13(17)14(9-12(11)16)21(19,20)18-10-6-4-2-1-3-5-7-10/h8-10,18H,1-7H2. The lowest BCUT2D eigenvalue weighted by molar-refractivity contribution is 0.426. The topological polar surface area (TPSA) is 46.2 Å². The normalized spacial score (nSPS) is 18.2. The molecule has 2 rings (SSSR count). The molecular formula is C14H18Cl3NO2S. The number of hydrogen-bond donors (Lipinski definition) is 1. The van der Waals surface area contributed by atoms with Gasteiger partial charge in [0.1, 0.15) is 4.90 Å². The smallest absolute Gasteiger partial charge is 0.208 e. The molecule has 21 heavy (non-hydrogen) atoms. The number of hydrogen-bond acceptors (Lipinski definition) is 2. The molecule has 7 heteroatoms. The van der Waals surface area contributed by atoms with E-state index in [1.165, 1.54) is 18.6 Å². The molecule has 0 aromatic heterocycles. The first kappa shape index (κ1) is 17.4. The molecule has 118 valence electrons. The molecule has 1 aromatic rings. The second-order valence-electron chi connectivity index (χ2n) is 5.36. The van der Waals surface area contributed by atoms with Crippen LogP contribution in [0.1, 0.15) is 44.9 Å². The van der Waals surface area contributed by atoms with Crippen LogP contribution in [0.25, 0.3) is 0 Å². The predicted octanol–water partition coefficient (Wildman–Crippen LogP) is 5.04. The van der Waals surface area contributed by atoms with Crippen molar-refractivity contribution in [3.8, 4) is 0 Å². The fourth-order valence-electron chi connectivity index (χ4n) is 2.57. The Morgan fingerprint density at radius 1 is 0.857 bits per heavy atom. The van der Waals surface area contributed by atoms with E-state index in [0.29, 0.717) is 0 Å². The highest BCUT2D eigenvalue weighted by Gasteiger charge is 2.24. The average molecular weight is 371 g/mol. The van der Waals surface area contributed by atoms with E-state index in [0.717, 1.165) is 38.5 Å². The van der Waals surface area contributed by atoms with Crippen LogP contribution in [-0.2, 0) is 10.0 Å². The summed E-state index contributed by atoms with van der Waals surface area (Å²) in [6.07, 6.45) is 7.36. The van der Waals surface area contributed by atoms with E-state index in [9.17, 15) is 8.42 Å². The molecular weight excluding hydrogens is 353 g/mol. The molecule has 1 aliphatic carbocycles. The van der Waals surface area contributed by atoms with Gasteiger partial charge >= 0.3 is 0 Å². The summed E-state index contributed by atoms with van der Waals surface area (Å²) >= 11 is 17.7. The van der Waals surface area contributed by atoms with E-state index < -0.39 is 10.0 Å². The minimum atomic E-state index is -3.68. The SMILES string of the molecule is O=S(=O)(NC1CCCCCCC1)c1cc(Cl)c(Cl)cc1Cl. The van der Waals surface area contributed by atoms with Crippen LogP contribution in [0.4, 0.5) is 0 Å². The van der Waals surface area contributed by atoms with Crippen molar-refractivity contribution in [2.75, 3.05) is 0 Å². The van der Waals surface area contributed by atoms with Gasteiger partial charge in [-0.1, -0.05) is 66.9 Å². The Morgan fingerprint density at radius 2 is 1.38 bits per heavy atom. The maximum Gasteiger partial charge on any atom is 0.242 e. The maximum atomic E-state index is 12.5. The molecule has 0 radical (unpaired) electrons. The van der Waals surface area contributed by atoms with E-state index in [1.54, 1.807) is 0 Å². The van der Waals surface area contributed by atoms with Gasteiger partial charge in [0.05, 0.1) is 15.1 Å². The molecule has 0 saturated heterocycles. The summed E-state index contributed by atoms with van der Waals surface area (Å²) < 4.78 is 27.7. The molecule has 1 aliphatic rings. The lowest BCUT2D eigenvalue weighted by Gasteiger charge is -2.21. The fourth-order valence-corrected chi connectivity index (χ4v) is 4.87. The van der Waals surface area contributed by atoms with Gasteiger partial charge in [-0.25, -0.2) is 13.1 Å². The third-order valence-corrected chi connectivity index (χ3v) is 6.40. The fraction of sp³-hybridized carbons (Fsp3) is 0.571. The van der Waals surface area contributed by atoms with E-state index in [2.05, 4.69) is 4.72 Å². The Balaban J connectivity index is 2.19. The molecule has 0 aliphatic heterocycles. The summed E-state index contributed by atoms with van der Waals surface area (Å²) in [6, 6.07) is 2.62. The Morgan fingerprint density at radius 3 is 2.00 bits per heavy atom. The van der Waals surface area contributed by atoms with Gasteiger partial charge in [-0.05, 0) is 25.0 Å². The van der Waals surface area contributed by atoms with Crippen molar-refractivity contribution in [1.82, 2.24) is 4.72 Å². The van der Waals surface area contributed by atoms with Crippen molar-refractivity contribution in [2.24, 2.45) is 0 Å². The van der Waals surface area contributed by atoms with Crippen LogP contribution < -0.4 is 4.72 Å². The highest BCUT2D eigenvalue weighted by molar-refractivity contribution is 7.89. The molecule has 1 saturated carbocycles. The zero-order valence-electron chi connectivity index (χ0n) is 11.5. The monoisotopic (exact) mass is 369 g/mol. The molecule has 0 amide bonds. The number of sulfonamides is 1. The average Bonchev–Trinajstić information content (AvgIpc) is 2.36. The van der Waals surface area contributed by atoms with Crippen LogP contribution in [0.2, 0.25) is 15.1 Å². The molecule has 3 nitrogen and oxygen atoms in total. The first-order valence-electron chi connectivity index (χ1n) is 7.07. The van der Waals surface area contributed by atoms with Gasteiger partial charge in [0, 0.05) is 6.04 Å².